The highest BCUT2D eigenvalue weighted by Gasteiger charge is 2.23. The number of benzene rings is 1. The van der Waals surface area contributed by atoms with Crippen molar-refractivity contribution in [3.05, 3.63) is 23.5 Å². The van der Waals surface area contributed by atoms with E-state index in [2.05, 4.69) is 0 Å². The molecule has 5 nitrogen and oxygen atoms in total. The highest BCUT2D eigenvalue weighted by atomic mass is 19.3. The van der Waals surface area contributed by atoms with Gasteiger partial charge in [-0.1, -0.05) is 0 Å². The van der Waals surface area contributed by atoms with Crippen LogP contribution in [0.25, 0.3) is 0 Å². The van der Waals surface area contributed by atoms with Crippen molar-refractivity contribution in [1.82, 2.24) is 0 Å². The number of rotatable bonds is 6. The van der Waals surface area contributed by atoms with Gasteiger partial charge in [0.1, 0.15) is 11.4 Å². The van der Waals surface area contributed by atoms with Crippen LogP contribution in [-0.2, 0) is 0 Å². The van der Waals surface area contributed by atoms with Gasteiger partial charge in [0.15, 0.2) is 0 Å². The second-order valence-electron chi connectivity index (χ2n) is 3.72. The van der Waals surface area contributed by atoms with Crippen LogP contribution in [-0.4, -0.2) is 42.3 Å². The molecule has 0 atom stereocenters. The maximum atomic E-state index is 13.2. The Morgan fingerprint density at radius 2 is 2.05 bits per heavy atom. The second-order valence-corrected chi connectivity index (χ2v) is 3.72. The number of halogens is 3. The van der Waals surface area contributed by atoms with Crippen LogP contribution in [0.5, 0.6) is 0 Å². The number of alkyl halides is 2. The standard InChI is InChI=1S/C11H13F3N2O3/c12-6-1-2-7(9(10(6)15)11(18)19)16(3-4-17)5-8(13)14/h1-2,8,17H,3-5,15H2,(H,18,19). The summed E-state index contributed by atoms with van der Waals surface area (Å²) < 4.78 is 38.1. The minimum atomic E-state index is -2.74. The van der Waals surface area contributed by atoms with Crippen LogP contribution in [0.3, 0.4) is 0 Å². The Labute approximate surface area is 107 Å². The lowest BCUT2D eigenvalue weighted by Gasteiger charge is -2.25. The smallest absolute Gasteiger partial charge is 0.340 e. The molecule has 0 radical (unpaired) electrons. The Morgan fingerprint density at radius 3 is 2.53 bits per heavy atom. The predicted molar refractivity (Wildman–Crippen MR) is 63.1 cm³/mol. The molecular formula is C11H13F3N2O3. The summed E-state index contributed by atoms with van der Waals surface area (Å²) in [7, 11) is 0. The van der Waals surface area contributed by atoms with Crippen molar-refractivity contribution in [1.29, 1.82) is 0 Å². The van der Waals surface area contributed by atoms with Crippen LogP contribution in [0.15, 0.2) is 12.1 Å². The van der Waals surface area contributed by atoms with Gasteiger partial charge in [-0.05, 0) is 12.1 Å². The molecule has 1 aromatic carbocycles. The largest absolute Gasteiger partial charge is 0.478 e. The van der Waals surface area contributed by atoms with Gasteiger partial charge in [0.25, 0.3) is 6.43 Å². The third-order valence-electron chi connectivity index (χ3n) is 2.45. The van der Waals surface area contributed by atoms with E-state index >= 15 is 0 Å². The molecule has 0 saturated heterocycles. The molecule has 0 unspecified atom stereocenters. The molecule has 0 aliphatic carbocycles. The molecule has 106 valence electrons. The Hall–Kier alpha value is -1.96. The summed E-state index contributed by atoms with van der Waals surface area (Å²) in [5, 5.41) is 17.8. The summed E-state index contributed by atoms with van der Waals surface area (Å²) in [5.74, 6) is -2.47. The summed E-state index contributed by atoms with van der Waals surface area (Å²) in [5.41, 5.74) is 3.95. The number of aliphatic hydroxyl groups is 1. The quantitative estimate of drug-likeness (QED) is 0.680. The van der Waals surface area contributed by atoms with Gasteiger partial charge in [-0.3, -0.25) is 0 Å². The van der Waals surface area contributed by atoms with Crippen molar-refractivity contribution in [2.75, 3.05) is 30.3 Å². The van der Waals surface area contributed by atoms with Crippen molar-refractivity contribution in [2.45, 2.75) is 6.43 Å². The number of carboxylic acids is 1. The third kappa shape index (κ3) is 3.50. The molecule has 0 fully saturated rings. The van der Waals surface area contributed by atoms with Crippen LogP contribution in [0.4, 0.5) is 24.5 Å². The first-order valence-corrected chi connectivity index (χ1v) is 5.33. The number of carboxylic acid groups (broad SMARTS) is 1. The molecule has 0 saturated carbocycles. The Bertz CT molecular complexity index is 469. The lowest BCUT2D eigenvalue weighted by atomic mass is 10.1. The number of hydrogen-bond donors (Lipinski definition) is 3. The molecule has 0 aliphatic heterocycles. The monoisotopic (exact) mass is 278 g/mol. The van der Waals surface area contributed by atoms with Gasteiger partial charge in [-0.15, -0.1) is 0 Å². The van der Waals surface area contributed by atoms with Gasteiger partial charge in [0.2, 0.25) is 0 Å². The van der Waals surface area contributed by atoms with Crippen molar-refractivity contribution < 1.29 is 28.2 Å². The van der Waals surface area contributed by atoms with Gasteiger partial charge in [-0.25, -0.2) is 18.0 Å². The van der Waals surface area contributed by atoms with Gasteiger partial charge in [0.05, 0.1) is 24.5 Å². The minimum absolute atomic E-state index is 0.152. The van der Waals surface area contributed by atoms with Crippen LogP contribution < -0.4 is 10.6 Å². The highest BCUT2D eigenvalue weighted by Crippen LogP contribution is 2.28. The SMILES string of the molecule is Nc1c(F)ccc(N(CCO)CC(F)F)c1C(=O)O. The number of nitrogens with zero attached hydrogens (tertiary/aromatic N) is 1. The molecule has 0 amide bonds. The number of anilines is 2. The number of nitrogens with two attached hydrogens (primary N) is 1. The number of carbonyl (C=O) groups is 1. The van der Waals surface area contributed by atoms with E-state index in [9.17, 15) is 18.0 Å². The van der Waals surface area contributed by atoms with Crippen molar-refractivity contribution in [2.24, 2.45) is 0 Å². The van der Waals surface area contributed by atoms with E-state index in [0.717, 1.165) is 17.0 Å². The number of hydrogen-bond acceptors (Lipinski definition) is 4. The maximum Gasteiger partial charge on any atom is 0.340 e. The summed E-state index contributed by atoms with van der Waals surface area (Å²) in [4.78, 5) is 12.0. The zero-order valence-electron chi connectivity index (χ0n) is 9.81. The Balaban J connectivity index is 3.29. The van der Waals surface area contributed by atoms with Gasteiger partial charge < -0.3 is 20.8 Å². The molecule has 19 heavy (non-hydrogen) atoms. The van der Waals surface area contributed by atoms with E-state index in [1.54, 1.807) is 0 Å². The molecular weight excluding hydrogens is 265 g/mol. The first-order chi connectivity index (χ1) is 8.88. The van der Waals surface area contributed by atoms with Gasteiger partial charge in [0, 0.05) is 6.54 Å². The molecule has 1 aromatic rings. The van der Waals surface area contributed by atoms with Crippen molar-refractivity contribution in [3.8, 4) is 0 Å². The van der Waals surface area contributed by atoms with Crippen LogP contribution in [0, 0.1) is 5.82 Å². The fourth-order valence-corrected chi connectivity index (χ4v) is 1.67. The molecule has 0 spiro atoms. The molecule has 0 bridgehead atoms. The van der Waals surface area contributed by atoms with Crippen LogP contribution >= 0.6 is 0 Å². The topological polar surface area (TPSA) is 86.8 Å². The molecule has 4 N–H and O–H groups in total. The molecule has 0 heterocycles. The number of nitrogen functional groups attached to an aromatic ring is 1. The van der Waals surface area contributed by atoms with Crippen LogP contribution in [0.2, 0.25) is 0 Å². The highest BCUT2D eigenvalue weighted by molar-refractivity contribution is 6.00. The van der Waals surface area contributed by atoms with Crippen LogP contribution in [0.1, 0.15) is 10.4 Å². The third-order valence-corrected chi connectivity index (χ3v) is 2.45. The maximum absolute atomic E-state index is 13.2. The van der Waals surface area contributed by atoms with E-state index in [1.165, 1.54) is 0 Å². The number of aromatic carboxylic acids is 1. The zero-order chi connectivity index (χ0) is 14.6. The zero-order valence-corrected chi connectivity index (χ0v) is 9.81. The average Bonchev–Trinajstić information content (AvgIpc) is 2.30. The molecule has 1 rings (SSSR count). The minimum Gasteiger partial charge on any atom is -0.478 e. The van der Waals surface area contributed by atoms with Crippen molar-refractivity contribution >= 4 is 17.3 Å². The Kier molecular flexibility index (Phi) is 4.99. The van der Waals surface area contributed by atoms with E-state index in [0.29, 0.717) is 0 Å². The summed E-state index contributed by atoms with van der Waals surface area (Å²) >= 11 is 0. The lowest BCUT2D eigenvalue weighted by Crippen LogP contribution is -2.33. The van der Waals surface area contributed by atoms with E-state index in [1.807, 2.05) is 0 Å². The molecule has 8 heteroatoms. The van der Waals surface area contributed by atoms with Gasteiger partial charge >= 0.3 is 5.97 Å². The fourth-order valence-electron chi connectivity index (χ4n) is 1.67. The summed E-state index contributed by atoms with van der Waals surface area (Å²) in [6, 6.07) is 1.94. The lowest BCUT2D eigenvalue weighted by molar-refractivity contribution is 0.0697. The normalized spacial score (nSPS) is 10.8. The first-order valence-electron chi connectivity index (χ1n) is 5.33. The van der Waals surface area contributed by atoms with E-state index < -0.39 is 42.6 Å². The number of aliphatic hydroxyl groups excluding tert-OH is 1. The fraction of sp³-hybridized carbons (Fsp3) is 0.364. The molecule has 0 aromatic heterocycles. The van der Waals surface area contributed by atoms with Gasteiger partial charge in [-0.2, -0.15) is 0 Å². The Morgan fingerprint density at radius 1 is 1.42 bits per heavy atom. The first kappa shape index (κ1) is 15.1. The summed E-state index contributed by atoms with van der Waals surface area (Å²) in [6.07, 6.45) is -2.74. The molecule has 0 aliphatic rings. The van der Waals surface area contributed by atoms with E-state index in [-0.39, 0.29) is 12.2 Å². The van der Waals surface area contributed by atoms with Crippen molar-refractivity contribution in [3.63, 3.8) is 0 Å². The second kappa shape index (κ2) is 6.28. The van der Waals surface area contributed by atoms with E-state index in [4.69, 9.17) is 15.9 Å². The summed E-state index contributed by atoms with van der Waals surface area (Å²) in [6.45, 7) is -1.45. The average molecular weight is 278 g/mol. The predicted octanol–water partition coefficient (Wildman–Crippen LogP) is 1.17.